The summed E-state index contributed by atoms with van der Waals surface area (Å²) in [7, 11) is 0. The van der Waals surface area contributed by atoms with Crippen LogP contribution in [0.1, 0.15) is 23.8 Å². The van der Waals surface area contributed by atoms with Gasteiger partial charge in [0, 0.05) is 0 Å². The molecule has 2 aromatic heterocycles. The first-order chi connectivity index (χ1) is 14.0. The van der Waals surface area contributed by atoms with Crippen molar-refractivity contribution in [3.8, 4) is 5.75 Å². The standard InChI is InChI=1S/C19H17FN6O2S/c1-11(17-22-14-8-4-2-6-12(14)18(27)23-17)29-19-25-24-16(26(19)21)10-28-15-9-5-3-7-13(15)20/h2-9,11H,10,21H2,1H3,(H,22,23,27)/t11-/m1/s1. The van der Waals surface area contributed by atoms with Gasteiger partial charge in [0.2, 0.25) is 5.16 Å². The van der Waals surface area contributed by atoms with Crippen molar-refractivity contribution in [2.45, 2.75) is 23.9 Å². The first kappa shape index (κ1) is 18.9. The Balaban J connectivity index is 1.50. The van der Waals surface area contributed by atoms with Crippen molar-refractivity contribution in [1.82, 2.24) is 24.8 Å². The highest BCUT2D eigenvalue weighted by atomic mass is 32.2. The molecular weight excluding hydrogens is 395 g/mol. The van der Waals surface area contributed by atoms with Crippen LogP contribution >= 0.6 is 11.8 Å². The summed E-state index contributed by atoms with van der Waals surface area (Å²) in [4.78, 5) is 19.6. The Morgan fingerprint density at radius 1 is 1.21 bits per heavy atom. The largest absolute Gasteiger partial charge is 0.482 e. The van der Waals surface area contributed by atoms with Gasteiger partial charge in [-0.15, -0.1) is 10.2 Å². The van der Waals surface area contributed by atoms with E-state index in [9.17, 15) is 9.18 Å². The zero-order valence-corrected chi connectivity index (χ0v) is 16.2. The molecule has 8 nitrogen and oxygen atoms in total. The Labute approximate surface area is 168 Å². The molecule has 148 valence electrons. The number of nitrogens with one attached hydrogen (secondary N) is 1. The van der Waals surface area contributed by atoms with E-state index >= 15 is 0 Å². The van der Waals surface area contributed by atoms with E-state index in [1.165, 1.54) is 28.6 Å². The average Bonchev–Trinajstić information content (AvgIpc) is 3.07. The Bertz CT molecular complexity index is 1220. The molecule has 1 atom stereocenters. The van der Waals surface area contributed by atoms with E-state index in [0.717, 1.165) is 0 Å². The summed E-state index contributed by atoms with van der Waals surface area (Å²) in [6.07, 6.45) is 0. The molecule has 10 heteroatoms. The molecule has 0 aliphatic heterocycles. The maximum absolute atomic E-state index is 13.7. The van der Waals surface area contributed by atoms with E-state index in [4.69, 9.17) is 10.6 Å². The number of hydrogen-bond acceptors (Lipinski definition) is 7. The molecule has 0 saturated heterocycles. The van der Waals surface area contributed by atoms with Crippen molar-refractivity contribution in [1.29, 1.82) is 0 Å². The second-order valence-corrected chi connectivity index (χ2v) is 7.52. The van der Waals surface area contributed by atoms with Crippen LogP contribution in [0.15, 0.2) is 58.5 Å². The van der Waals surface area contributed by atoms with Gasteiger partial charge in [-0.05, 0) is 31.2 Å². The van der Waals surface area contributed by atoms with Crippen LogP contribution < -0.4 is 16.1 Å². The Hall–Kier alpha value is -3.40. The lowest BCUT2D eigenvalue weighted by Gasteiger charge is -2.11. The zero-order valence-electron chi connectivity index (χ0n) is 15.4. The van der Waals surface area contributed by atoms with Crippen molar-refractivity contribution in [3.05, 3.63) is 76.4 Å². The van der Waals surface area contributed by atoms with Crippen molar-refractivity contribution in [3.63, 3.8) is 0 Å². The predicted molar refractivity (Wildman–Crippen MR) is 108 cm³/mol. The number of rotatable bonds is 6. The van der Waals surface area contributed by atoms with E-state index in [0.29, 0.717) is 27.7 Å². The zero-order chi connectivity index (χ0) is 20.4. The number of aromatic amines is 1. The molecule has 0 fully saturated rings. The molecule has 0 aliphatic carbocycles. The van der Waals surface area contributed by atoms with Gasteiger partial charge < -0.3 is 15.6 Å². The summed E-state index contributed by atoms with van der Waals surface area (Å²) in [6.45, 7) is 1.84. The minimum Gasteiger partial charge on any atom is -0.482 e. The van der Waals surface area contributed by atoms with E-state index in [2.05, 4.69) is 20.2 Å². The van der Waals surface area contributed by atoms with Gasteiger partial charge in [0.1, 0.15) is 12.4 Å². The fourth-order valence-corrected chi connectivity index (χ4v) is 3.55. The molecule has 0 aliphatic rings. The van der Waals surface area contributed by atoms with Crippen LogP contribution in [-0.2, 0) is 6.61 Å². The Morgan fingerprint density at radius 3 is 2.79 bits per heavy atom. The quantitative estimate of drug-likeness (QED) is 0.370. The molecule has 3 N–H and O–H groups in total. The second-order valence-electron chi connectivity index (χ2n) is 6.22. The number of para-hydroxylation sites is 2. The number of H-pyrrole nitrogens is 1. The number of ether oxygens (including phenoxy) is 1. The maximum atomic E-state index is 13.7. The number of thioether (sulfide) groups is 1. The molecule has 4 rings (SSSR count). The van der Waals surface area contributed by atoms with E-state index in [-0.39, 0.29) is 23.2 Å². The minimum atomic E-state index is -0.467. The predicted octanol–water partition coefficient (Wildman–Crippen LogP) is 2.80. The SMILES string of the molecule is C[C@@H](Sc1nnc(COc2ccccc2F)n1N)c1nc2ccccc2c(=O)[nH]1. The number of hydrogen-bond donors (Lipinski definition) is 2. The summed E-state index contributed by atoms with van der Waals surface area (Å²) in [5.74, 6) is 6.54. The third-order valence-corrected chi connectivity index (χ3v) is 5.29. The van der Waals surface area contributed by atoms with Crippen LogP contribution in [0.5, 0.6) is 5.75 Å². The lowest BCUT2D eigenvalue weighted by molar-refractivity contribution is 0.277. The normalized spacial score (nSPS) is 12.2. The highest BCUT2D eigenvalue weighted by molar-refractivity contribution is 7.99. The Kier molecular flexibility index (Phi) is 5.17. The van der Waals surface area contributed by atoms with E-state index < -0.39 is 5.82 Å². The third kappa shape index (κ3) is 3.92. The lowest BCUT2D eigenvalue weighted by atomic mass is 10.2. The highest BCUT2D eigenvalue weighted by Gasteiger charge is 2.18. The van der Waals surface area contributed by atoms with Gasteiger partial charge in [0.25, 0.3) is 5.56 Å². The van der Waals surface area contributed by atoms with Gasteiger partial charge in [-0.2, -0.15) is 0 Å². The molecule has 4 aromatic rings. The summed E-state index contributed by atoms with van der Waals surface area (Å²) in [5.41, 5.74) is 0.415. The van der Waals surface area contributed by atoms with Gasteiger partial charge in [-0.3, -0.25) is 4.79 Å². The van der Waals surface area contributed by atoms with Gasteiger partial charge in [-0.1, -0.05) is 36.0 Å². The number of nitrogen functional groups attached to an aromatic ring is 1. The first-order valence-electron chi connectivity index (χ1n) is 8.75. The minimum absolute atomic E-state index is 0.0373. The van der Waals surface area contributed by atoms with E-state index in [1.807, 2.05) is 13.0 Å². The van der Waals surface area contributed by atoms with Gasteiger partial charge in [0.05, 0.1) is 16.2 Å². The summed E-state index contributed by atoms with van der Waals surface area (Å²) in [6, 6.07) is 13.2. The molecular formula is C19H17FN6O2S. The number of aromatic nitrogens is 5. The average molecular weight is 412 g/mol. The molecule has 0 bridgehead atoms. The molecule has 0 unspecified atom stereocenters. The van der Waals surface area contributed by atoms with Crippen LogP contribution in [-0.4, -0.2) is 24.8 Å². The molecule has 29 heavy (non-hydrogen) atoms. The molecule has 0 radical (unpaired) electrons. The van der Waals surface area contributed by atoms with Crippen LogP contribution in [0.25, 0.3) is 10.9 Å². The van der Waals surface area contributed by atoms with E-state index in [1.54, 1.807) is 30.3 Å². The van der Waals surface area contributed by atoms with Crippen molar-refractivity contribution < 1.29 is 9.13 Å². The summed E-state index contributed by atoms with van der Waals surface area (Å²) < 4.78 is 20.4. The molecule has 0 spiro atoms. The van der Waals surface area contributed by atoms with Gasteiger partial charge in [0.15, 0.2) is 17.4 Å². The molecule has 0 saturated carbocycles. The number of fused-ring (bicyclic) bond motifs is 1. The fourth-order valence-electron chi connectivity index (χ4n) is 2.70. The maximum Gasteiger partial charge on any atom is 0.258 e. The summed E-state index contributed by atoms with van der Waals surface area (Å²) in [5, 5.41) is 8.77. The molecule has 2 aromatic carbocycles. The third-order valence-electron chi connectivity index (χ3n) is 4.23. The summed E-state index contributed by atoms with van der Waals surface area (Å²) >= 11 is 1.29. The number of benzene rings is 2. The monoisotopic (exact) mass is 412 g/mol. The van der Waals surface area contributed by atoms with Gasteiger partial charge >= 0.3 is 0 Å². The van der Waals surface area contributed by atoms with Crippen molar-refractivity contribution in [2.75, 3.05) is 5.84 Å². The van der Waals surface area contributed by atoms with Crippen LogP contribution in [0.4, 0.5) is 4.39 Å². The van der Waals surface area contributed by atoms with Crippen LogP contribution in [0, 0.1) is 5.82 Å². The topological polar surface area (TPSA) is 112 Å². The molecule has 2 heterocycles. The second kappa shape index (κ2) is 7.92. The molecule has 0 amide bonds. The number of nitrogens with two attached hydrogens (primary N) is 1. The lowest BCUT2D eigenvalue weighted by Crippen LogP contribution is -2.17. The highest BCUT2D eigenvalue weighted by Crippen LogP contribution is 2.31. The smallest absolute Gasteiger partial charge is 0.258 e. The number of nitrogens with zero attached hydrogens (tertiary/aromatic N) is 4. The van der Waals surface area contributed by atoms with Crippen molar-refractivity contribution >= 4 is 22.7 Å². The van der Waals surface area contributed by atoms with Crippen molar-refractivity contribution in [2.24, 2.45) is 0 Å². The fraction of sp³-hybridized carbons (Fsp3) is 0.158. The Morgan fingerprint density at radius 2 is 1.97 bits per heavy atom. The first-order valence-corrected chi connectivity index (χ1v) is 9.63. The van der Waals surface area contributed by atoms with Gasteiger partial charge in [-0.25, -0.2) is 14.1 Å². The number of halogens is 1. The van der Waals surface area contributed by atoms with Crippen LogP contribution in [0.3, 0.4) is 0 Å². The van der Waals surface area contributed by atoms with Crippen LogP contribution in [0.2, 0.25) is 0 Å².